The van der Waals surface area contributed by atoms with Gasteiger partial charge in [-0.15, -0.1) is 0 Å². The van der Waals surface area contributed by atoms with Crippen LogP contribution in [0.25, 0.3) is 0 Å². The van der Waals surface area contributed by atoms with Crippen molar-refractivity contribution in [3.63, 3.8) is 0 Å². The standard InChI is InChI=1S/C12H15IN2O/c1-9-2-3-10(8-11(9)13)12(16)15-6-4-14-5-7-15/h2-3,8,14H,4-7H2,1H3. The second-order valence-electron chi connectivity index (χ2n) is 4.01. The molecule has 1 aromatic rings. The maximum Gasteiger partial charge on any atom is 0.253 e. The van der Waals surface area contributed by atoms with E-state index in [1.54, 1.807) is 0 Å². The Bertz CT molecular complexity index is 400. The van der Waals surface area contributed by atoms with E-state index < -0.39 is 0 Å². The van der Waals surface area contributed by atoms with Gasteiger partial charge in [0.25, 0.3) is 5.91 Å². The molecule has 0 unspecified atom stereocenters. The minimum absolute atomic E-state index is 0.152. The zero-order chi connectivity index (χ0) is 11.5. The Balaban J connectivity index is 2.16. The van der Waals surface area contributed by atoms with Crippen LogP contribution in [0, 0.1) is 10.5 Å². The van der Waals surface area contributed by atoms with Gasteiger partial charge >= 0.3 is 0 Å². The largest absolute Gasteiger partial charge is 0.336 e. The van der Waals surface area contributed by atoms with E-state index in [-0.39, 0.29) is 5.91 Å². The number of halogens is 1. The van der Waals surface area contributed by atoms with Crippen LogP contribution in [0.5, 0.6) is 0 Å². The van der Waals surface area contributed by atoms with Gasteiger partial charge in [0.1, 0.15) is 0 Å². The van der Waals surface area contributed by atoms with Gasteiger partial charge < -0.3 is 10.2 Å². The molecule has 0 atom stereocenters. The topological polar surface area (TPSA) is 32.3 Å². The zero-order valence-corrected chi connectivity index (χ0v) is 11.5. The summed E-state index contributed by atoms with van der Waals surface area (Å²) in [4.78, 5) is 14.1. The number of hydrogen-bond donors (Lipinski definition) is 1. The lowest BCUT2D eigenvalue weighted by Gasteiger charge is -2.27. The Labute approximate surface area is 109 Å². The van der Waals surface area contributed by atoms with Crippen LogP contribution < -0.4 is 5.32 Å². The lowest BCUT2D eigenvalue weighted by atomic mass is 10.1. The van der Waals surface area contributed by atoms with E-state index in [4.69, 9.17) is 0 Å². The fourth-order valence-electron chi connectivity index (χ4n) is 1.78. The predicted molar refractivity (Wildman–Crippen MR) is 72.7 cm³/mol. The highest BCUT2D eigenvalue weighted by atomic mass is 127. The second kappa shape index (κ2) is 5.14. The van der Waals surface area contributed by atoms with Gasteiger partial charge in [0, 0.05) is 35.3 Å². The molecule has 0 saturated carbocycles. The molecule has 1 aliphatic rings. The van der Waals surface area contributed by atoms with Crippen LogP contribution in [0.1, 0.15) is 15.9 Å². The van der Waals surface area contributed by atoms with Gasteiger partial charge in [-0.1, -0.05) is 6.07 Å². The molecule has 86 valence electrons. The molecule has 1 fully saturated rings. The molecule has 0 spiro atoms. The van der Waals surface area contributed by atoms with Crippen molar-refractivity contribution in [3.8, 4) is 0 Å². The average Bonchev–Trinajstić information content (AvgIpc) is 2.33. The van der Waals surface area contributed by atoms with E-state index >= 15 is 0 Å². The van der Waals surface area contributed by atoms with E-state index in [2.05, 4.69) is 34.8 Å². The van der Waals surface area contributed by atoms with E-state index in [9.17, 15) is 4.79 Å². The van der Waals surface area contributed by atoms with Gasteiger partial charge in [-0.05, 0) is 47.2 Å². The number of carbonyl (C=O) groups is 1. The lowest BCUT2D eigenvalue weighted by Crippen LogP contribution is -2.46. The van der Waals surface area contributed by atoms with Crippen molar-refractivity contribution < 1.29 is 4.79 Å². The molecule has 4 heteroatoms. The van der Waals surface area contributed by atoms with Gasteiger partial charge in [-0.2, -0.15) is 0 Å². The quantitative estimate of drug-likeness (QED) is 0.794. The molecule has 3 nitrogen and oxygen atoms in total. The van der Waals surface area contributed by atoms with E-state index in [0.717, 1.165) is 35.3 Å². The van der Waals surface area contributed by atoms with Crippen LogP contribution in [0.3, 0.4) is 0 Å². The molecule has 1 heterocycles. The summed E-state index contributed by atoms with van der Waals surface area (Å²) in [7, 11) is 0. The maximum atomic E-state index is 12.2. The van der Waals surface area contributed by atoms with Crippen LogP contribution in [0.2, 0.25) is 0 Å². The van der Waals surface area contributed by atoms with Gasteiger partial charge in [-0.25, -0.2) is 0 Å². The number of hydrogen-bond acceptors (Lipinski definition) is 2. The van der Waals surface area contributed by atoms with Crippen LogP contribution in [-0.2, 0) is 0 Å². The molecule has 1 amide bonds. The first-order valence-electron chi connectivity index (χ1n) is 5.44. The van der Waals surface area contributed by atoms with Crippen molar-refractivity contribution in [3.05, 3.63) is 32.9 Å². The summed E-state index contributed by atoms with van der Waals surface area (Å²) in [5, 5.41) is 3.25. The monoisotopic (exact) mass is 330 g/mol. The number of piperazine rings is 1. The van der Waals surface area contributed by atoms with E-state index in [0.29, 0.717) is 0 Å². The van der Waals surface area contributed by atoms with Crippen molar-refractivity contribution in [1.29, 1.82) is 0 Å². The fourth-order valence-corrected chi connectivity index (χ4v) is 2.29. The van der Waals surface area contributed by atoms with Crippen molar-refractivity contribution in [2.75, 3.05) is 26.2 Å². The third-order valence-corrected chi connectivity index (χ3v) is 3.99. The Morgan fingerprint density at radius 1 is 1.38 bits per heavy atom. The first kappa shape index (κ1) is 11.9. The van der Waals surface area contributed by atoms with Gasteiger partial charge in [0.05, 0.1) is 0 Å². The summed E-state index contributed by atoms with van der Waals surface area (Å²) in [5.74, 6) is 0.152. The zero-order valence-electron chi connectivity index (χ0n) is 9.29. The van der Waals surface area contributed by atoms with E-state index in [1.807, 2.05) is 23.1 Å². The Kier molecular flexibility index (Phi) is 3.81. The Morgan fingerprint density at radius 3 is 2.69 bits per heavy atom. The highest BCUT2D eigenvalue weighted by molar-refractivity contribution is 14.1. The molecule has 1 saturated heterocycles. The lowest BCUT2D eigenvalue weighted by molar-refractivity contribution is 0.0735. The molecule has 0 aromatic heterocycles. The van der Waals surface area contributed by atoms with Crippen LogP contribution in [0.4, 0.5) is 0 Å². The summed E-state index contributed by atoms with van der Waals surface area (Å²) in [6.45, 7) is 5.47. The number of carbonyl (C=O) groups excluding carboxylic acids is 1. The molecule has 0 bridgehead atoms. The normalized spacial score (nSPS) is 16.2. The van der Waals surface area contributed by atoms with E-state index in [1.165, 1.54) is 5.56 Å². The maximum absolute atomic E-state index is 12.2. The molecule has 1 aliphatic heterocycles. The second-order valence-corrected chi connectivity index (χ2v) is 5.17. The van der Waals surface area contributed by atoms with Gasteiger partial charge in [0.15, 0.2) is 0 Å². The van der Waals surface area contributed by atoms with Crippen LogP contribution in [-0.4, -0.2) is 37.0 Å². The number of benzene rings is 1. The predicted octanol–water partition coefficient (Wildman–Crippen LogP) is 1.65. The Hall–Kier alpha value is -0.620. The average molecular weight is 330 g/mol. The van der Waals surface area contributed by atoms with Gasteiger partial charge in [-0.3, -0.25) is 4.79 Å². The molecule has 1 aromatic carbocycles. The molecular weight excluding hydrogens is 315 g/mol. The number of nitrogens with zero attached hydrogens (tertiary/aromatic N) is 1. The Morgan fingerprint density at radius 2 is 2.06 bits per heavy atom. The number of nitrogens with one attached hydrogen (secondary N) is 1. The van der Waals surface area contributed by atoms with Crippen molar-refractivity contribution >= 4 is 28.5 Å². The first-order valence-corrected chi connectivity index (χ1v) is 6.52. The molecule has 1 N–H and O–H groups in total. The molecule has 16 heavy (non-hydrogen) atoms. The highest BCUT2D eigenvalue weighted by Crippen LogP contribution is 2.15. The number of rotatable bonds is 1. The molecule has 0 aliphatic carbocycles. The summed E-state index contributed by atoms with van der Waals surface area (Å²) in [6.07, 6.45) is 0. The smallest absolute Gasteiger partial charge is 0.253 e. The molecule has 2 rings (SSSR count). The number of aryl methyl sites for hydroxylation is 1. The van der Waals surface area contributed by atoms with Crippen LogP contribution >= 0.6 is 22.6 Å². The number of amides is 1. The summed E-state index contributed by atoms with van der Waals surface area (Å²) in [5.41, 5.74) is 2.02. The summed E-state index contributed by atoms with van der Waals surface area (Å²) < 4.78 is 1.15. The minimum Gasteiger partial charge on any atom is -0.336 e. The summed E-state index contributed by atoms with van der Waals surface area (Å²) in [6, 6.07) is 5.90. The van der Waals surface area contributed by atoms with Crippen molar-refractivity contribution in [2.45, 2.75) is 6.92 Å². The van der Waals surface area contributed by atoms with Crippen molar-refractivity contribution in [1.82, 2.24) is 10.2 Å². The minimum atomic E-state index is 0.152. The molecular formula is C12H15IN2O. The third-order valence-electron chi connectivity index (χ3n) is 2.82. The van der Waals surface area contributed by atoms with Crippen molar-refractivity contribution in [2.24, 2.45) is 0 Å². The SMILES string of the molecule is Cc1ccc(C(=O)N2CCNCC2)cc1I. The molecule has 0 radical (unpaired) electrons. The highest BCUT2D eigenvalue weighted by Gasteiger charge is 2.17. The summed E-state index contributed by atoms with van der Waals surface area (Å²) >= 11 is 2.27. The van der Waals surface area contributed by atoms with Crippen LogP contribution in [0.15, 0.2) is 18.2 Å². The first-order chi connectivity index (χ1) is 7.68. The van der Waals surface area contributed by atoms with Gasteiger partial charge in [0.2, 0.25) is 0 Å². The third kappa shape index (κ3) is 2.55. The fraction of sp³-hybridized carbons (Fsp3) is 0.417.